The molecule has 3 aromatic heterocycles. The number of carbonyl (C=O) groups excluding carboxylic acids is 1. The molecule has 4 aromatic rings. The molecule has 174 valence electrons. The van der Waals surface area contributed by atoms with Gasteiger partial charge < -0.3 is 4.90 Å². The van der Waals surface area contributed by atoms with Gasteiger partial charge in [-0.1, -0.05) is 24.8 Å². The summed E-state index contributed by atoms with van der Waals surface area (Å²) in [6.45, 7) is 7.14. The van der Waals surface area contributed by atoms with Gasteiger partial charge in [-0.3, -0.25) is 14.3 Å². The van der Waals surface area contributed by atoms with Crippen molar-refractivity contribution in [3.05, 3.63) is 75.7 Å². The molecular weight excluding hydrogens is 462 g/mol. The summed E-state index contributed by atoms with van der Waals surface area (Å²) in [5, 5.41) is 11.8. The first-order valence-corrected chi connectivity index (χ1v) is 13.3. The number of hydrogen-bond acceptors (Lipinski definition) is 6. The summed E-state index contributed by atoms with van der Waals surface area (Å²) < 4.78 is 2.05. The van der Waals surface area contributed by atoms with Crippen LogP contribution >= 0.6 is 23.1 Å². The maximum Gasteiger partial charge on any atom is 0.233 e. The van der Waals surface area contributed by atoms with E-state index in [2.05, 4.69) is 65.6 Å². The molecule has 0 spiro atoms. The maximum absolute atomic E-state index is 13.3. The molecule has 0 bridgehead atoms. The van der Waals surface area contributed by atoms with Crippen LogP contribution in [-0.2, 0) is 11.2 Å². The van der Waals surface area contributed by atoms with Crippen LogP contribution in [0.4, 0.5) is 0 Å². The summed E-state index contributed by atoms with van der Waals surface area (Å²) in [6.07, 6.45) is 5.37. The van der Waals surface area contributed by atoms with Gasteiger partial charge in [-0.15, -0.1) is 21.5 Å². The van der Waals surface area contributed by atoms with Crippen LogP contribution in [0, 0.1) is 13.8 Å². The van der Waals surface area contributed by atoms with Crippen molar-refractivity contribution in [2.24, 2.45) is 0 Å². The fourth-order valence-corrected chi connectivity index (χ4v) is 6.26. The summed E-state index contributed by atoms with van der Waals surface area (Å²) in [6, 6.07) is 12.5. The number of aromatic nitrogens is 4. The zero-order valence-corrected chi connectivity index (χ0v) is 21.2. The van der Waals surface area contributed by atoms with Gasteiger partial charge in [0.05, 0.1) is 17.5 Å². The SMILES string of the molecule is CCC1c2ccsc2CCN1C(=O)CSc1nnc(-c2ccncc2)n1-c1ccc(C)c(C)c1. The van der Waals surface area contributed by atoms with Gasteiger partial charge >= 0.3 is 0 Å². The average Bonchev–Trinajstić information content (AvgIpc) is 3.51. The van der Waals surface area contributed by atoms with Gasteiger partial charge in [0, 0.05) is 29.4 Å². The fraction of sp³-hybridized carbons (Fsp3) is 0.308. The Kier molecular flexibility index (Phi) is 6.52. The quantitative estimate of drug-likeness (QED) is 0.328. The number of rotatable bonds is 6. The third-order valence-electron chi connectivity index (χ3n) is 6.45. The zero-order chi connectivity index (χ0) is 23.7. The first-order valence-electron chi connectivity index (χ1n) is 11.5. The van der Waals surface area contributed by atoms with E-state index in [9.17, 15) is 4.79 Å². The van der Waals surface area contributed by atoms with Gasteiger partial charge in [0.2, 0.25) is 5.91 Å². The molecule has 1 atom stereocenters. The normalized spacial score (nSPS) is 15.4. The van der Waals surface area contributed by atoms with Crippen LogP contribution in [-0.4, -0.2) is 42.9 Å². The van der Waals surface area contributed by atoms with E-state index in [1.54, 1.807) is 23.7 Å². The van der Waals surface area contributed by atoms with Crippen LogP contribution in [0.15, 0.2) is 59.3 Å². The number of thiophene rings is 1. The third-order valence-corrected chi connectivity index (χ3v) is 8.36. The number of carbonyl (C=O) groups is 1. The van der Waals surface area contributed by atoms with Gasteiger partial charge in [0.25, 0.3) is 0 Å². The summed E-state index contributed by atoms with van der Waals surface area (Å²) >= 11 is 3.25. The van der Waals surface area contributed by atoms with E-state index >= 15 is 0 Å². The molecule has 1 aliphatic heterocycles. The van der Waals surface area contributed by atoms with Crippen molar-refractivity contribution in [2.75, 3.05) is 12.3 Å². The molecular formula is C26H27N5OS2. The van der Waals surface area contributed by atoms with Crippen LogP contribution in [0.1, 0.15) is 41.0 Å². The Hall–Kier alpha value is -2.97. The molecule has 1 unspecified atom stereocenters. The highest BCUT2D eigenvalue weighted by Crippen LogP contribution is 2.36. The van der Waals surface area contributed by atoms with E-state index < -0.39 is 0 Å². The van der Waals surface area contributed by atoms with Gasteiger partial charge in [-0.25, -0.2) is 0 Å². The average molecular weight is 490 g/mol. The van der Waals surface area contributed by atoms with Crippen molar-refractivity contribution in [1.82, 2.24) is 24.6 Å². The second-order valence-corrected chi connectivity index (χ2v) is 10.4. The Labute approximate surface area is 208 Å². The number of thioether (sulfide) groups is 1. The molecule has 6 nitrogen and oxygen atoms in total. The van der Waals surface area contributed by atoms with Crippen molar-refractivity contribution in [2.45, 2.75) is 44.8 Å². The molecule has 1 aliphatic rings. The molecule has 0 saturated carbocycles. The molecule has 0 N–H and O–H groups in total. The van der Waals surface area contributed by atoms with E-state index in [0.717, 1.165) is 36.5 Å². The van der Waals surface area contributed by atoms with Crippen LogP contribution in [0.5, 0.6) is 0 Å². The number of benzene rings is 1. The second-order valence-electron chi connectivity index (χ2n) is 8.50. The number of amides is 1. The van der Waals surface area contributed by atoms with Crippen molar-refractivity contribution in [1.29, 1.82) is 0 Å². The maximum atomic E-state index is 13.3. The molecule has 0 fully saturated rings. The smallest absolute Gasteiger partial charge is 0.233 e. The Morgan fingerprint density at radius 2 is 1.94 bits per heavy atom. The largest absolute Gasteiger partial charge is 0.335 e. The van der Waals surface area contributed by atoms with Crippen LogP contribution in [0.25, 0.3) is 17.1 Å². The summed E-state index contributed by atoms with van der Waals surface area (Å²) in [4.78, 5) is 20.9. The molecule has 0 radical (unpaired) electrons. The highest BCUT2D eigenvalue weighted by molar-refractivity contribution is 7.99. The Bertz CT molecular complexity index is 1310. The minimum atomic E-state index is 0.147. The number of nitrogens with zero attached hydrogens (tertiary/aromatic N) is 5. The highest BCUT2D eigenvalue weighted by atomic mass is 32.2. The first-order chi connectivity index (χ1) is 16.6. The standard InChI is InChI=1S/C26H27N5OS2/c1-4-22-21-10-14-33-23(21)9-13-30(22)24(32)16-34-26-29-28-25(19-7-11-27-12-8-19)31(26)20-6-5-17(2)18(3)15-20/h5-8,10-12,14-15,22H,4,9,13,16H2,1-3H3. The summed E-state index contributed by atoms with van der Waals surface area (Å²) in [7, 11) is 0. The molecule has 1 aromatic carbocycles. The molecule has 4 heterocycles. The highest BCUT2D eigenvalue weighted by Gasteiger charge is 2.30. The van der Waals surface area contributed by atoms with E-state index in [4.69, 9.17) is 0 Å². The molecule has 0 aliphatic carbocycles. The summed E-state index contributed by atoms with van der Waals surface area (Å²) in [5.74, 6) is 1.22. The molecule has 0 saturated heterocycles. The first kappa shape index (κ1) is 22.8. The number of fused-ring (bicyclic) bond motifs is 1. The molecule has 1 amide bonds. The zero-order valence-electron chi connectivity index (χ0n) is 19.6. The minimum absolute atomic E-state index is 0.147. The number of pyridine rings is 1. The lowest BCUT2D eigenvalue weighted by atomic mass is 9.98. The van der Waals surface area contributed by atoms with E-state index in [-0.39, 0.29) is 11.9 Å². The molecule has 8 heteroatoms. The van der Waals surface area contributed by atoms with Crippen LogP contribution < -0.4 is 0 Å². The van der Waals surface area contributed by atoms with Crippen molar-refractivity contribution in [3.63, 3.8) is 0 Å². The predicted molar refractivity (Wildman–Crippen MR) is 138 cm³/mol. The van der Waals surface area contributed by atoms with Crippen LogP contribution in [0.3, 0.4) is 0 Å². The van der Waals surface area contributed by atoms with Crippen molar-refractivity contribution < 1.29 is 4.79 Å². The van der Waals surface area contributed by atoms with Gasteiger partial charge in [0.1, 0.15) is 0 Å². The lowest BCUT2D eigenvalue weighted by Gasteiger charge is -2.35. The Morgan fingerprint density at radius 1 is 1.12 bits per heavy atom. The van der Waals surface area contributed by atoms with Gasteiger partial charge in [-0.05, 0) is 79.1 Å². The Morgan fingerprint density at radius 3 is 2.71 bits per heavy atom. The Balaban J connectivity index is 1.43. The van der Waals surface area contributed by atoms with Gasteiger partial charge in [0.15, 0.2) is 11.0 Å². The summed E-state index contributed by atoms with van der Waals surface area (Å²) in [5.41, 5.74) is 5.67. The predicted octanol–water partition coefficient (Wildman–Crippen LogP) is 5.64. The van der Waals surface area contributed by atoms with Gasteiger partial charge in [-0.2, -0.15) is 0 Å². The third kappa shape index (κ3) is 4.28. The van der Waals surface area contributed by atoms with Crippen molar-refractivity contribution >= 4 is 29.0 Å². The van der Waals surface area contributed by atoms with E-state index in [1.165, 1.54) is 33.3 Å². The van der Waals surface area contributed by atoms with Crippen molar-refractivity contribution in [3.8, 4) is 17.1 Å². The van der Waals surface area contributed by atoms with E-state index in [0.29, 0.717) is 10.9 Å². The second kappa shape index (κ2) is 9.72. The number of hydrogen-bond donors (Lipinski definition) is 0. The lowest BCUT2D eigenvalue weighted by molar-refractivity contribution is -0.131. The topological polar surface area (TPSA) is 63.9 Å². The molecule has 34 heavy (non-hydrogen) atoms. The lowest BCUT2D eigenvalue weighted by Crippen LogP contribution is -2.40. The minimum Gasteiger partial charge on any atom is -0.335 e. The number of aryl methyl sites for hydroxylation is 2. The monoisotopic (exact) mass is 489 g/mol. The fourth-order valence-electron chi connectivity index (χ4n) is 4.49. The van der Waals surface area contributed by atoms with Crippen LogP contribution in [0.2, 0.25) is 0 Å². The van der Waals surface area contributed by atoms with E-state index in [1.807, 2.05) is 21.6 Å². The molecule has 5 rings (SSSR count).